The molecule has 4 heteroatoms. The molecule has 3 aromatic rings. The molecule has 0 aliphatic carbocycles. The summed E-state index contributed by atoms with van der Waals surface area (Å²) in [6.45, 7) is 4.27. The minimum Gasteiger partial charge on any atom is -0.372 e. The second kappa shape index (κ2) is 5.21. The van der Waals surface area contributed by atoms with Gasteiger partial charge in [-0.2, -0.15) is 0 Å². The standard InChI is InChI=1S/C16H17N3S/c1-10-4-5-12(8-11(10)2)9-14-18-15(17-3)13-6-7-20-16(13)19-14/h4-8H,9H2,1-3H3,(H,17,18,19). The summed E-state index contributed by atoms with van der Waals surface area (Å²) in [6, 6.07) is 8.60. The molecule has 0 atom stereocenters. The van der Waals surface area contributed by atoms with E-state index in [1.54, 1.807) is 11.3 Å². The Bertz CT molecular complexity index is 762. The van der Waals surface area contributed by atoms with E-state index >= 15 is 0 Å². The van der Waals surface area contributed by atoms with Gasteiger partial charge in [0.05, 0.1) is 5.39 Å². The summed E-state index contributed by atoms with van der Waals surface area (Å²) >= 11 is 1.66. The number of rotatable bonds is 3. The van der Waals surface area contributed by atoms with Gasteiger partial charge in [-0.05, 0) is 42.0 Å². The van der Waals surface area contributed by atoms with Gasteiger partial charge in [0, 0.05) is 13.5 Å². The molecule has 20 heavy (non-hydrogen) atoms. The van der Waals surface area contributed by atoms with Gasteiger partial charge in [0.2, 0.25) is 0 Å². The quantitative estimate of drug-likeness (QED) is 0.791. The number of fused-ring (bicyclic) bond motifs is 1. The molecule has 0 aliphatic heterocycles. The lowest BCUT2D eigenvalue weighted by Gasteiger charge is -2.07. The first-order chi connectivity index (χ1) is 9.67. The number of anilines is 1. The Morgan fingerprint density at radius 3 is 2.70 bits per heavy atom. The van der Waals surface area contributed by atoms with Gasteiger partial charge in [0.1, 0.15) is 16.5 Å². The van der Waals surface area contributed by atoms with Crippen molar-refractivity contribution in [2.45, 2.75) is 20.3 Å². The van der Waals surface area contributed by atoms with Gasteiger partial charge in [-0.25, -0.2) is 9.97 Å². The number of hydrogen-bond acceptors (Lipinski definition) is 4. The first-order valence-electron chi connectivity index (χ1n) is 6.65. The number of nitrogens with one attached hydrogen (secondary N) is 1. The second-order valence-electron chi connectivity index (χ2n) is 4.97. The Morgan fingerprint density at radius 2 is 1.95 bits per heavy atom. The lowest BCUT2D eigenvalue weighted by Crippen LogP contribution is -2.01. The van der Waals surface area contributed by atoms with Crippen molar-refractivity contribution in [3.63, 3.8) is 0 Å². The Morgan fingerprint density at radius 1 is 1.10 bits per heavy atom. The number of thiophene rings is 1. The van der Waals surface area contributed by atoms with E-state index in [1.165, 1.54) is 16.7 Å². The topological polar surface area (TPSA) is 37.8 Å². The molecule has 0 saturated carbocycles. The molecule has 0 bridgehead atoms. The minimum absolute atomic E-state index is 0.768. The van der Waals surface area contributed by atoms with E-state index in [0.29, 0.717) is 0 Å². The number of hydrogen-bond donors (Lipinski definition) is 1. The third-order valence-electron chi connectivity index (χ3n) is 3.54. The van der Waals surface area contributed by atoms with E-state index in [2.05, 4.69) is 58.8 Å². The Kier molecular flexibility index (Phi) is 3.40. The fourth-order valence-electron chi connectivity index (χ4n) is 2.27. The van der Waals surface area contributed by atoms with E-state index in [0.717, 1.165) is 28.3 Å². The van der Waals surface area contributed by atoms with Crippen LogP contribution in [-0.2, 0) is 6.42 Å². The van der Waals surface area contributed by atoms with Gasteiger partial charge in [-0.3, -0.25) is 0 Å². The molecular weight excluding hydrogens is 266 g/mol. The van der Waals surface area contributed by atoms with Crippen molar-refractivity contribution in [3.05, 3.63) is 52.2 Å². The summed E-state index contributed by atoms with van der Waals surface area (Å²) in [5, 5.41) is 6.31. The maximum absolute atomic E-state index is 4.66. The predicted molar refractivity (Wildman–Crippen MR) is 85.7 cm³/mol. The van der Waals surface area contributed by atoms with Crippen molar-refractivity contribution in [2.24, 2.45) is 0 Å². The van der Waals surface area contributed by atoms with Crippen LogP contribution in [0.5, 0.6) is 0 Å². The molecule has 2 heterocycles. The fourth-order valence-corrected chi connectivity index (χ4v) is 3.05. The van der Waals surface area contributed by atoms with Crippen LogP contribution in [0.2, 0.25) is 0 Å². The van der Waals surface area contributed by atoms with Crippen molar-refractivity contribution in [3.8, 4) is 0 Å². The van der Waals surface area contributed by atoms with Crippen LogP contribution >= 0.6 is 11.3 Å². The zero-order chi connectivity index (χ0) is 14.1. The summed E-state index contributed by atoms with van der Waals surface area (Å²) in [5.41, 5.74) is 3.89. The zero-order valence-corrected chi connectivity index (χ0v) is 12.7. The van der Waals surface area contributed by atoms with Crippen LogP contribution in [0.1, 0.15) is 22.5 Å². The first-order valence-corrected chi connectivity index (χ1v) is 7.53. The van der Waals surface area contributed by atoms with Crippen LogP contribution in [0.3, 0.4) is 0 Å². The highest BCUT2D eigenvalue weighted by Gasteiger charge is 2.08. The molecule has 1 N–H and O–H groups in total. The van der Waals surface area contributed by atoms with Gasteiger partial charge < -0.3 is 5.32 Å². The van der Waals surface area contributed by atoms with Crippen molar-refractivity contribution >= 4 is 27.4 Å². The summed E-state index contributed by atoms with van der Waals surface area (Å²) in [4.78, 5) is 10.3. The van der Waals surface area contributed by atoms with E-state index in [-0.39, 0.29) is 0 Å². The highest BCUT2D eigenvalue weighted by Crippen LogP contribution is 2.25. The van der Waals surface area contributed by atoms with Crippen molar-refractivity contribution in [1.29, 1.82) is 0 Å². The Labute approximate surface area is 122 Å². The first kappa shape index (κ1) is 13.1. The van der Waals surface area contributed by atoms with Crippen molar-refractivity contribution < 1.29 is 0 Å². The number of nitrogens with zero attached hydrogens (tertiary/aromatic N) is 2. The Hall–Kier alpha value is -1.94. The molecule has 0 amide bonds. The largest absolute Gasteiger partial charge is 0.372 e. The van der Waals surface area contributed by atoms with Gasteiger partial charge >= 0.3 is 0 Å². The van der Waals surface area contributed by atoms with Gasteiger partial charge in [0.25, 0.3) is 0 Å². The molecule has 1 aromatic carbocycles. The summed E-state index contributed by atoms with van der Waals surface area (Å²) in [7, 11) is 1.90. The third kappa shape index (κ3) is 2.39. The van der Waals surface area contributed by atoms with Crippen molar-refractivity contribution in [1.82, 2.24) is 9.97 Å². The van der Waals surface area contributed by atoms with Gasteiger partial charge in [-0.1, -0.05) is 18.2 Å². The van der Waals surface area contributed by atoms with E-state index < -0.39 is 0 Å². The van der Waals surface area contributed by atoms with Gasteiger partial charge in [0.15, 0.2) is 0 Å². The summed E-state index contributed by atoms with van der Waals surface area (Å²) in [5.74, 6) is 1.78. The van der Waals surface area contributed by atoms with Crippen molar-refractivity contribution in [2.75, 3.05) is 12.4 Å². The molecule has 0 unspecified atom stereocenters. The minimum atomic E-state index is 0.768. The number of benzene rings is 1. The fraction of sp³-hybridized carbons (Fsp3) is 0.250. The van der Waals surface area contributed by atoms with E-state index in [1.807, 2.05) is 7.05 Å². The number of aryl methyl sites for hydroxylation is 2. The number of aromatic nitrogens is 2. The van der Waals surface area contributed by atoms with Crippen LogP contribution < -0.4 is 5.32 Å². The molecule has 0 radical (unpaired) electrons. The lowest BCUT2D eigenvalue weighted by molar-refractivity contribution is 0.994. The average Bonchev–Trinajstić information content (AvgIpc) is 2.90. The molecule has 3 nitrogen and oxygen atoms in total. The normalized spacial score (nSPS) is 10.9. The maximum atomic E-state index is 4.66. The average molecular weight is 283 g/mol. The molecule has 102 valence electrons. The molecular formula is C16H17N3S. The molecule has 2 aromatic heterocycles. The summed E-state index contributed by atoms with van der Waals surface area (Å²) in [6.07, 6.45) is 0.768. The highest BCUT2D eigenvalue weighted by atomic mass is 32.1. The molecule has 0 spiro atoms. The second-order valence-corrected chi connectivity index (χ2v) is 5.87. The lowest BCUT2D eigenvalue weighted by atomic mass is 10.0. The molecule has 3 rings (SSSR count). The summed E-state index contributed by atoms with van der Waals surface area (Å²) < 4.78 is 0. The predicted octanol–water partition coefficient (Wildman–Crippen LogP) is 3.94. The van der Waals surface area contributed by atoms with Crippen LogP contribution in [0.15, 0.2) is 29.6 Å². The highest BCUT2D eigenvalue weighted by molar-refractivity contribution is 7.16. The third-order valence-corrected chi connectivity index (χ3v) is 4.35. The van der Waals surface area contributed by atoms with Crippen LogP contribution in [0.4, 0.5) is 5.82 Å². The molecule has 0 aliphatic rings. The Balaban J connectivity index is 1.99. The maximum Gasteiger partial charge on any atom is 0.138 e. The van der Waals surface area contributed by atoms with E-state index in [4.69, 9.17) is 0 Å². The molecule has 0 saturated heterocycles. The SMILES string of the molecule is CNc1nc(Cc2ccc(C)c(C)c2)nc2sccc12. The van der Waals surface area contributed by atoms with Crippen LogP contribution in [0.25, 0.3) is 10.2 Å². The zero-order valence-electron chi connectivity index (χ0n) is 11.9. The van der Waals surface area contributed by atoms with Gasteiger partial charge in [-0.15, -0.1) is 11.3 Å². The monoisotopic (exact) mass is 283 g/mol. The molecule has 0 fully saturated rings. The van der Waals surface area contributed by atoms with Crippen LogP contribution in [0, 0.1) is 13.8 Å². The smallest absolute Gasteiger partial charge is 0.138 e. The van der Waals surface area contributed by atoms with E-state index in [9.17, 15) is 0 Å². The van der Waals surface area contributed by atoms with Crippen LogP contribution in [-0.4, -0.2) is 17.0 Å².